The lowest BCUT2D eigenvalue weighted by molar-refractivity contribution is -0.197. The van der Waals surface area contributed by atoms with Gasteiger partial charge in [0.2, 0.25) is 0 Å². The third-order valence-corrected chi connectivity index (χ3v) is 5.33. The molecule has 0 saturated heterocycles. The number of hydrogen-bond donors (Lipinski definition) is 4. The maximum Gasteiger partial charge on any atom is 0.0857 e. The van der Waals surface area contributed by atoms with E-state index in [4.69, 9.17) is 0 Å². The van der Waals surface area contributed by atoms with E-state index in [1.165, 1.54) is 0 Å². The van der Waals surface area contributed by atoms with Gasteiger partial charge in [-0.05, 0) is 51.9 Å². The van der Waals surface area contributed by atoms with Crippen LogP contribution in [0.4, 0.5) is 0 Å². The van der Waals surface area contributed by atoms with Crippen molar-refractivity contribution >= 4 is 0 Å². The summed E-state index contributed by atoms with van der Waals surface area (Å²) in [4.78, 5) is 0. The molecule has 2 aliphatic rings. The highest BCUT2D eigenvalue weighted by Gasteiger charge is 2.61. The maximum atomic E-state index is 10.7. The van der Waals surface area contributed by atoms with Crippen molar-refractivity contribution in [2.75, 3.05) is 0 Å². The summed E-state index contributed by atoms with van der Waals surface area (Å²) in [5.74, 6) is 0.104. The zero-order valence-electron chi connectivity index (χ0n) is 12.4. The number of fused-ring (bicyclic) bond motifs is 1. The van der Waals surface area contributed by atoms with Gasteiger partial charge in [-0.1, -0.05) is 6.92 Å². The number of hydrogen-bond acceptors (Lipinski definition) is 4. The molecule has 0 bridgehead atoms. The van der Waals surface area contributed by atoms with Crippen molar-refractivity contribution in [1.82, 2.24) is 0 Å². The van der Waals surface area contributed by atoms with Crippen LogP contribution in [0, 0.1) is 17.3 Å². The third kappa shape index (κ3) is 2.56. The SMILES string of the molecule is CC(C)(O)CC1CCC2(C)C(O)C(O)CC(C)(O)C12. The first kappa shape index (κ1) is 15.2. The van der Waals surface area contributed by atoms with Gasteiger partial charge in [0.05, 0.1) is 23.4 Å². The molecule has 4 nitrogen and oxygen atoms in total. The molecule has 2 rings (SSSR count). The molecule has 0 heterocycles. The van der Waals surface area contributed by atoms with Gasteiger partial charge in [-0.2, -0.15) is 0 Å². The van der Waals surface area contributed by atoms with Crippen molar-refractivity contribution in [2.24, 2.45) is 17.3 Å². The highest BCUT2D eigenvalue weighted by molar-refractivity contribution is 5.11. The van der Waals surface area contributed by atoms with Gasteiger partial charge >= 0.3 is 0 Å². The van der Waals surface area contributed by atoms with Crippen molar-refractivity contribution < 1.29 is 20.4 Å². The van der Waals surface area contributed by atoms with Crippen molar-refractivity contribution in [1.29, 1.82) is 0 Å². The Morgan fingerprint density at radius 2 is 1.79 bits per heavy atom. The first-order valence-electron chi connectivity index (χ1n) is 7.28. The van der Waals surface area contributed by atoms with Crippen molar-refractivity contribution in [3.05, 3.63) is 0 Å². The smallest absolute Gasteiger partial charge is 0.0857 e. The molecule has 2 fully saturated rings. The van der Waals surface area contributed by atoms with Gasteiger partial charge in [0.1, 0.15) is 0 Å². The highest BCUT2D eigenvalue weighted by atomic mass is 16.3. The van der Waals surface area contributed by atoms with Gasteiger partial charge in [-0.15, -0.1) is 0 Å². The number of aliphatic hydroxyl groups excluding tert-OH is 2. The van der Waals surface area contributed by atoms with E-state index in [9.17, 15) is 20.4 Å². The van der Waals surface area contributed by atoms with Crippen LogP contribution in [0.15, 0.2) is 0 Å². The van der Waals surface area contributed by atoms with Gasteiger partial charge in [-0.3, -0.25) is 0 Å². The Labute approximate surface area is 115 Å². The van der Waals surface area contributed by atoms with E-state index in [2.05, 4.69) is 0 Å². The quantitative estimate of drug-likeness (QED) is 0.606. The van der Waals surface area contributed by atoms with E-state index in [0.717, 1.165) is 12.8 Å². The fraction of sp³-hybridized carbons (Fsp3) is 1.00. The third-order valence-electron chi connectivity index (χ3n) is 5.33. The zero-order valence-corrected chi connectivity index (χ0v) is 12.4. The first-order valence-corrected chi connectivity index (χ1v) is 7.28. The predicted molar refractivity (Wildman–Crippen MR) is 72.5 cm³/mol. The average molecular weight is 272 g/mol. The Bertz CT molecular complexity index is 347. The number of aliphatic hydroxyl groups is 4. The lowest BCUT2D eigenvalue weighted by atomic mass is 9.57. The van der Waals surface area contributed by atoms with E-state index in [0.29, 0.717) is 6.42 Å². The fourth-order valence-electron chi connectivity index (χ4n) is 4.87. The van der Waals surface area contributed by atoms with Crippen LogP contribution in [0.2, 0.25) is 0 Å². The summed E-state index contributed by atoms with van der Waals surface area (Å²) in [6, 6.07) is 0. The molecule has 6 unspecified atom stereocenters. The highest BCUT2D eigenvalue weighted by Crippen LogP contribution is 2.59. The normalized spacial score (nSPS) is 51.2. The minimum Gasteiger partial charge on any atom is -0.390 e. The zero-order chi connectivity index (χ0) is 14.6. The summed E-state index contributed by atoms with van der Waals surface area (Å²) >= 11 is 0. The maximum absolute atomic E-state index is 10.7. The van der Waals surface area contributed by atoms with Crippen molar-refractivity contribution in [2.45, 2.75) is 76.8 Å². The Morgan fingerprint density at radius 3 is 2.32 bits per heavy atom. The minimum absolute atomic E-state index is 0.0789. The van der Waals surface area contributed by atoms with Crippen LogP contribution in [-0.4, -0.2) is 43.8 Å². The van der Waals surface area contributed by atoms with E-state index in [-0.39, 0.29) is 18.3 Å². The van der Waals surface area contributed by atoms with Gasteiger partial charge < -0.3 is 20.4 Å². The molecular formula is C15H28O4. The summed E-state index contributed by atoms with van der Waals surface area (Å²) in [7, 11) is 0. The molecule has 0 amide bonds. The summed E-state index contributed by atoms with van der Waals surface area (Å²) in [6.45, 7) is 7.29. The second-order valence-electron chi connectivity index (χ2n) is 7.87. The molecule has 4 heteroatoms. The second-order valence-corrected chi connectivity index (χ2v) is 7.87. The van der Waals surface area contributed by atoms with Crippen LogP contribution in [0.1, 0.15) is 53.4 Å². The molecule has 6 atom stereocenters. The van der Waals surface area contributed by atoms with E-state index < -0.39 is 28.8 Å². The lowest BCUT2D eigenvalue weighted by Crippen LogP contribution is -2.60. The molecule has 2 aliphatic carbocycles. The van der Waals surface area contributed by atoms with Crippen LogP contribution in [0.5, 0.6) is 0 Å². The molecule has 0 aromatic heterocycles. The molecule has 0 spiro atoms. The van der Waals surface area contributed by atoms with E-state index in [1.54, 1.807) is 20.8 Å². The monoisotopic (exact) mass is 272 g/mol. The Hall–Kier alpha value is -0.160. The molecular weight excluding hydrogens is 244 g/mol. The topological polar surface area (TPSA) is 80.9 Å². The lowest BCUT2D eigenvalue weighted by Gasteiger charge is -2.53. The predicted octanol–water partition coefficient (Wildman–Crippen LogP) is 1.06. The van der Waals surface area contributed by atoms with E-state index >= 15 is 0 Å². The molecule has 112 valence electrons. The minimum atomic E-state index is -0.986. The second kappa shape index (κ2) is 4.42. The van der Waals surface area contributed by atoms with Crippen molar-refractivity contribution in [3.63, 3.8) is 0 Å². The van der Waals surface area contributed by atoms with Crippen LogP contribution in [0.3, 0.4) is 0 Å². The number of rotatable bonds is 2. The van der Waals surface area contributed by atoms with Crippen LogP contribution in [-0.2, 0) is 0 Å². The van der Waals surface area contributed by atoms with Gasteiger partial charge in [0.25, 0.3) is 0 Å². The van der Waals surface area contributed by atoms with Crippen LogP contribution in [0.25, 0.3) is 0 Å². The molecule has 19 heavy (non-hydrogen) atoms. The van der Waals surface area contributed by atoms with E-state index in [1.807, 2.05) is 6.92 Å². The summed E-state index contributed by atoms with van der Waals surface area (Å²) in [5.41, 5.74) is -2.22. The van der Waals surface area contributed by atoms with Gasteiger partial charge in [0.15, 0.2) is 0 Å². The summed E-state index contributed by atoms with van der Waals surface area (Å²) < 4.78 is 0. The Morgan fingerprint density at radius 1 is 1.21 bits per heavy atom. The van der Waals surface area contributed by atoms with Gasteiger partial charge in [-0.25, -0.2) is 0 Å². The molecule has 2 saturated carbocycles. The fourth-order valence-corrected chi connectivity index (χ4v) is 4.87. The molecule has 0 aromatic carbocycles. The Kier molecular flexibility index (Phi) is 3.54. The largest absolute Gasteiger partial charge is 0.390 e. The van der Waals surface area contributed by atoms with Crippen LogP contribution >= 0.6 is 0 Å². The first-order chi connectivity index (χ1) is 8.47. The van der Waals surface area contributed by atoms with Crippen molar-refractivity contribution in [3.8, 4) is 0 Å². The molecule has 0 aliphatic heterocycles. The standard InChI is InChI=1S/C15H28O4/c1-13(2,18)7-9-5-6-14(3)11(9)15(4,19)8-10(16)12(14)17/h9-12,16-19H,5-8H2,1-4H3. The average Bonchev–Trinajstić information content (AvgIpc) is 2.52. The molecule has 0 aromatic rings. The Balaban J connectivity index is 2.31. The van der Waals surface area contributed by atoms with Crippen LogP contribution < -0.4 is 0 Å². The van der Waals surface area contributed by atoms with Gasteiger partial charge in [0, 0.05) is 11.8 Å². The molecule has 0 radical (unpaired) electrons. The summed E-state index contributed by atoms with van der Waals surface area (Å²) in [5, 5.41) is 41.1. The summed E-state index contributed by atoms with van der Waals surface area (Å²) in [6.07, 6.45) is 0.836. The molecule has 4 N–H and O–H groups in total.